The number of benzene rings is 1. The lowest BCUT2D eigenvalue weighted by atomic mass is 10.0. The summed E-state index contributed by atoms with van der Waals surface area (Å²) in [4.78, 5) is 43.2. The predicted molar refractivity (Wildman–Crippen MR) is 116 cm³/mol. The lowest BCUT2D eigenvalue weighted by Crippen LogP contribution is -2.47. The topological polar surface area (TPSA) is 97.8 Å². The minimum absolute atomic E-state index is 0.0629. The van der Waals surface area contributed by atoms with Crippen molar-refractivity contribution in [2.75, 3.05) is 26.3 Å². The molecule has 1 saturated heterocycles. The van der Waals surface area contributed by atoms with E-state index >= 15 is 0 Å². The highest BCUT2D eigenvalue weighted by molar-refractivity contribution is 6.05. The number of esters is 1. The predicted octanol–water partition coefficient (Wildman–Crippen LogP) is 3.00. The van der Waals surface area contributed by atoms with E-state index in [1.165, 1.54) is 0 Å². The molecule has 0 atom stereocenters. The summed E-state index contributed by atoms with van der Waals surface area (Å²) in [5, 5.41) is 3.60. The van der Waals surface area contributed by atoms with Gasteiger partial charge in [-0.1, -0.05) is 25.1 Å². The minimum Gasteiger partial charge on any atom is -0.452 e. The third kappa shape index (κ3) is 5.31. The van der Waals surface area contributed by atoms with Crippen LogP contribution in [0, 0.1) is 6.92 Å². The Morgan fingerprint density at radius 1 is 1.13 bits per heavy atom. The lowest BCUT2D eigenvalue weighted by molar-refractivity contribution is -0.125. The number of carbonyl (C=O) groups excluding carboxylic acids is 3. The molecule has 8 heteroatoms. The highest BCUT2D eigenvalue weighted by atomic mass is 16.6. The number of carbonyl (C=O) groups is 3. The van der Waals surface area contributed by atoms with Gasteiger partial charge in [-0.15, -0.1) is 0 Å². The molecule has 2 aromatic rings. The Balaban J connectivity index is 1.57. The number of ether oxygens (including phenoxy) is 2. The van der Waals surface area contributed by atoms with Crippen molar-refractivity contribution in [2.45, 2.75) is 46.1 Å². The van der Waals surface area contributed by atoms with Crippen LogP contribution in [0.15, 0.2) is 24.3 Å². The molecule has 0 spiro atoms. The number of nitrogens with zero attached hydrogens (tertiary/aromatic N) is 2. The van der Waals surface area contributed by atoms with Gasteiger partial charge in [0.05, 0.1) is 17.7 Å². The summed E-state index contributed by atoms with van der Waals surface area (Å²) in [6.45, 7) is 6.64. The number of nitrogens with one attached hydrogen (secondary N) is 1. The molecule has 2 heterocycles. The number of aryl methyl sites for hydroxylation is 1. The van der Waals surface area contributed by atoms with Gasteiger partial charge in [-0.2, -0.15) is 0 Å². The average Bonchev–Trinajstić information content (AvgIpc) is 2.77. The van der Waals surface area contributed by atoms with Crippen LogP contribution < -0.4 is 5.32 Å². The Labute approximate surface area is 181 Å². The van der Waals surface area contributed by atoms with Gasteiger partial charge in [-0.3, -0.25) is 9.78 Å². The lowest BCUT2D eigenvalue weighted by Gasteiger charge is -2.31. The van der Waals surface area contributed by atoms with E-state index in [1.807, 2.05) is 38.1 Å². The van der Waals surface area contributed by atoms with Gasteiger partial charge in [0.15, 0.2) is 6.61 Å². The van der Waals surface area contributed by atoms with Crippen molar-refractivity contribution in [1.82, 2.24) is 15.2 Å². The van der Waals surface area contributed by atoms with Gasteiger partial charge in [0.2, 0.25) is 0 Å². The summed E-state index contributed by atoms with van der Waals surface area (Å²) >= 11 is 0. The first-order valence-electron chi connectivity index (χ1n) is 10.7. The first-order valence-corrected chi connectivity index (χ1v) is 10.7. The maximum Gasteiger partial charge on any atom is 0.409 e. The quantitative estimate of drug-likeness (QED) is 0.712. The van der Waals surface area contributed by atoms with Gasteiger partial charge < -0.3 is 19.7 Å². The van der Waals surface area contributed by atoms with Crippen LogP contribution in [0.1, 0.15) is 48.3 Å². The molecule has 0 saturated carbocycles. The Morgan fingerprint density at radius 3 is 2.52 bits per heavy atom. The molecule has 2 amide bonds. The monoisotopic (exact) mass is 427 g/mol. The maximum absolute atomic E-state index is 12.8. The van der Waals surface area contributed by atoms with E-state index in [-0.39, 0.29) is 24.6 Å². The SMILES string of the molecule is CCOC(=O)N1CCC(NC(=O)COC(=O)c2c(C)c(CC)nc3ccccc23)CC1. The fourth-order valence-corrected chi connectivity index (χ4v) is 3.86. The van der Waals surface area contributed by atoms with Gasteiger partial charge in [0.25, 0.3) is 5.91 Å². The average molecular weight is 428 g/mol. The smallest absolute Gasteiger partial charge is 0.409 e. The van der Waals surface area contributed by atoms with Crippen LogP contribution in [0.5, 0.6) is 0 Å². The van der Waals surface area contributed by atoms with Crippen LogP contribution in [-0.4, -0.2) is 60.2 Å². The highest BCUT2D eigenvalue weighted by Gasteiger charge is 2.25. The van der Waals surface area contributed by atoms with Crippen LogP contribution in [-0.2, 0) is 20.7 Å². The molecule has 1 aliphatic rings. The van der Waals surface area contributed by atoms with Crippen LogP contribution in [0.2, 0.25) is 0 Å². The number of fused-ring (bicyclic) bond motifs is 1. The fraction of sp³-hybridized carbons (Fsp3) is 0.478. The van der Waals surface area contributed by atoms with E-state index in [0.717, 1.165) is 16.8 Å². The molecule has 1 aliphatic heterocycles. The van der Waals surface area contributed by atoms with E-state index in [2.05, 4.69) is 10.3 Å². The Morgan fingerprint density at radius 2 is 1.84 bits per heavy atom. The summed E-state index contributed by atoms with van der Waals surface area (Å²) in [5.41, 5.74) is 2.80. The summed E-state index contributed by atoms with van der Waals surface area (Å²) in [6.07, 6.45) is 1.63. The molecule has 8 nitrogen and oxygen atoms in total. The number of amides is 2. The number of hydrogen-bond donors (Lipinski definition) is 1. The third-order valence-corrected chi connectivity index (χ3v) is 5.50. The van der Waals surface area contributed by atoms with Gasteiger partial charge in [0, 0.05) is 30.2 Å². The van der Waals surface area contributed by atoms with Crippen molar-refractivity contribution in [2.24, 2.45) is 0 Å². The van der Waals surface area contributed by atoms with Crippen LogP contribution in [0.3, 0.4) is 0 Å². The molecule has 0 aliphatic carbocycles. The number of rotatable bonds is 6. The molecule has 3 rings (SSSR count). The van der Waals surface area contributed by atoms with Crippen molar-refractivity contribution in [3.8, 4) is 0 Å². The van der Waals surface area contributed by atoms with Crippen molar-refractivity contribution in [1.29, 1.82) is 0 Å². The highest BCUT2D eigenvalue weighted by Crippen LogP contribution is 2.24. The van der Waals surface area contributed by atoms with Crippen molar-refractivity contribution >= 4 is 28.9 Å². The number of aromatic nitrogens is 1. The molecule has 1 aromatic heterocycles. The first kappa shape index (κ1) is 22.5. The Kier molecular flexibility index (Phi) is 7.44. The van der Waals surface area contributed by atoms with Crippen molar-refractivity contribution in [3.63, 3.8) is 0 Å². The summed E-state index contributed by atoms with van der Waals surface area (Å²) in [6, 6.07) is 7.36. The molecule has 0 bridgehead atoms. The number of para-hydroxylation sites is 1. The number of pyridine rings is 1. The van der Waals surface area contributed by atoms with E-state index in [9.17, 15) is 14.4 Å². The second kappa shape index (κ2) is 10.2. The molecular formula is C23H29N3O5. The van der Waals surface area contributed by atoms with Gasteiger partial charge >= 0.3 is 12.1 Å². The summed E-state index contributed by atoms with van der Waals surface area (Å²) in [7, 11) is 0. The molecule has 1 N–H and O–H groups in total. The normalized spacial score (nSPS) is 14.4. The first-order chi connectivity index (χ1) is 14.9. The Hall–Kier alpha value is -3.16. The number of piperidine rings is 1. The summed E-state index contributed by atoms with van der Waals surface area (Å²) in [5.74, 6) is -0.882. The Bertz CT molecular complexity index is 967. The minimum atomic E-state index is -0.530. The number of likely N-dealkylation sites (tertiary alicyclic amines) is 1. The van der Waals surface area contributed by atoms with Crippen LogP contribution in [0.4, 0.5) is 4.79 Å². The fourth-order valence-electron chi connectivity index (χ4n) is 3.86. The van der Waals surface area contributed by atoms with E-state index in [1.54, 1.807) is 11.8 Å². The standard InChI is InChI=1S/C23H29N3O5/c1-4-18-15(3)21(17-8-6-7-9-19(17)25-18)22(28)31-14-20(27)24-16-10-12-26(13-11-16)23(29)30-5-2/h6-9,16H,4-5,10-14H2,1-3H3,(H,24,27). The number of hydrogen-bond acceptors (Lipinski definition) is 6. The van der Waals surface area contributed by atoms with E-state index in [4.69, 9.17) is 9.47 Å². The molecular weight excluding hydrogens is 398 g/mol. The second-order valence-electron chi connectivity index (χ2n) is 7.53. The van der Waals surface area contributed by atoms with Gasteiger partial charge in [-0.25, -0.2) is 9.59 Å². The second-order valence-corrected chi connectivity index (χ2v) is 7.53. The van der Waals surface area contributed by atoms with E-state index in [0.29, 0.717) is 49.9 Å². The van der Waals surface area contributed by atoms with Crippen LogP contribution >= 0.6 is 0 Å². The zero-order valence-electron chi connectivity index (χ0n) is 18.3. The van der Waals surface area contributed by atoms with Crippen molar-refractivity contribution in [3.05, 3.63) is 41.1 Å². The largest absolute Gasteiger partial charge is 0.452 e. The van der Waals surface area contributed by atoms with E-state index < -0.39 is 5.97 Å². The molecule has 31 heavy (non-hydrogen) atoms. The molecule has 166 valence electrons. The summed E-state index contributed by atoms with van der Waals surface area (Å²) < 4.78 is 10.3. The molecule has 0 radical (unpaired) electrons. The maximum atomic E-state index is 12.8. The van der Waals surface area contributed by atoms with Crippen LogP contribution in [0.25, 0.3) is 10.9 Å². The third-order valence-electron chi connectivity index (χ3n) is 5.50. The zero-order chi connectivity index (χ0) is 22.4. The molecule has 1 fully saturated rings. The van der Waals surface area contributed by atoms with Gasteiger partial charge in [0.1, 0.15) is 0 Å². The van der Waals surface area contributed by atoms with Crippen molar-refractivity contribution < 1.29 is 23.9 Å². The van der Waals surface area contributed by atoms with Gasteiger partial charge in [-0.05, 0) is 44.7 Å². The molecule has 0 unspecified atom stereocenters. The zero-order valence-corrected chi connectivity index (χ0v) is 18.3. The molecule has 1 aromatic carbocycles.